The van der Waals surface area contributed by atoms with Crippen LogP contribution in [0.3, 0.4) is 0 Å². The highest BCUT2D eigenvalue weighted by Gasteiger charge is 2.13. The van der Waals surface area contributed by atoms with Crippen LogP contribution in [0, 0.1) is 0 Å². The first-order chi connectivity index (χ1) is 14.5. The number of carbonyl (C=O) groups excluding carboxylic acids is 2. The predicted molar refractivity (Wildman–Crippen MR) is 124 cm³/mol. The molecule has 5 nitrogen and oxygen atoms in total. The van der Waals surface area contributed by atoms with Crippen molar-refractivity contribution in [2.24, 2.45) is 5.73 Å². The summed E-state index contributed by atoms with van der Waals surface area (Å²) >= 11 is 5.42. The van der Waals surface area contributed by atoms with Gasteiger partial charge in [0, 0.05) is 25.6 Å². The van der Waals surface area contributed by atoms with Gasteiger partial charge in [0.2, 0.25) is 11.8 Å². The molecule has 2 amide bonds. The Labute approximate surface area is 181 Å². The van der Waals surface area contributed by atoms with E-state index in [1.54, 1.807) is 11.0 Å². The highest BCUT2D eigenvalue weighted by Crippen LogP contribution is 2.19. The van der Waals surface area contributed by atoms with E-state index in [0.717, 1.165) is 21.9 Å². The van der Waals surface area contributed by atoms with Crippen molar-refractivity contribution >= 4 is 46.0 Å². The fourth-order valence-corrected chi connectivity index (χ4v) is 3.35. The molecular formula is C24H23N3O2S. The van der Waals surface area contributed by atoms with E-state index in [1.165, 1.54) is 6.08 Å². The summed E-state index contributed by atoms with van der Waals surface area (Å²) in [5.41, 5.74) is 7.25. The number of hydrogen-bond acceptors (Lipinski definition) is 3. The number of carbonyl (C=O) groups is 2. The van der Waals surface area contributed by atoms with Crippen LogP contribution in [0.4, 0.5) is 0 Å². The molecule has 3 rings (SSSR count). The average molecular weight is 418 g/mol. The molecule has 0 saturated heterocycles. The summed E-state index contributed by atoms with van der Waals surface area (Å²) in [6.45, 7) is 0.802. The van der Waals surface area contributed by atoms with Crippen LogP contribution in [0.5, 0.6) is 0 Å². The first-order valence-corrected chi connectivity index (χ1v) is 10.0. The zero-order valence-corrected chi connectivity index (χ0v) is 17.3. The zero-order valence-electron chi connectivity index (χ0n) is 16.5. The van der Waals surface area contributed by atoms with E-state index in [9.17, 15) is 9.59 Å². The molecule has 0 fully saturated rings. The highest BCUT2D eigenvalue weighted by molar-refractivity contribution is 7.80. The topological polar surface area (TPSA) is 75.4 Å². The van der Waals surface area contributed by atoms with Crippen molar-refractivity contribution in [3.8, 4) is 0 Å². The van der Waals surface area contributed by atoms with Crippen LogP contribution in [0.2, 0.25) is 0 Å². The van der Waals surface area contributed by atoms with E-state index in [4.69, 9.17) is 18.0 Å². The van der Waals surface area contributed by atoms with Gasteiger partial charge in [0.1, 0.15) is 0 Å². The van der Waals surface area contributed by atoms with Crippen LogP contribution in [0.15, 0.2) is 78.9 Å². The number of benzene rings is 3. The van der Waals surface area contributed by atoms with E-state index in [0.29, 0.717) is 13.1 Å². The summed E-state index contributed by atoms with van der Waals surface area (Å²) in [4.78, 5) is 25.4. The summed E-state index contributed by atoms with van der Waals surface area (Å²) in [5, 5.41) is 5.15. The van der Waals surface area contributed by atoms with Gasteiger partial charge < -0.3 is 10.6 Å². The van der Waals surface area contributed by atoms with Gasteiger partial charge in [-0.05, 0) is 40.2 Å². The highest BCUT2D eigenvalue weighted by atomic mass is 32.1. The van der Waals surface area contributed by atoms with Crippen LogP contribution in [0.25, 0.3) is 16.8 Å². The Morgan fingerprint density at radius 1 is 0.967 bits per heavy atom. The molecule has 0 aliphatic heterocycles. The molecule has 3 aromatic carbocycles. The van der Waals surface area contributed by atoms with E-state index in [1.807, 2.05) is 72.8 Å². The molecule has 6 heteroatoms. The van der Waals surface area contributed by atoms with Crippen LogP contribution < -0.4 is 11.1 Å². The smallest absolute Gasteiger partial charge is 0.250 e. The Morgan fingerprint density at radius 2 is 1.67 bits per heavy atom. The van der Waals surface area contributed by atoms with E-state index in [-0.39, 0.29) is 17.4 Å². The molecule has 0 radical (unpaired) electrons. The molecule has 30 heavy (non-hydrogen) atoms. The largest absolute Gasteiger partial charge is 0.370 e. The molecule has 3 N–H and O–H groups in total. The van der Waals surface area contributed by atoms with Gasteiger partial charge in [-0.15, -0.1) is 0 Å². The molecule has 0 saturated carbocycles. The van der Waals surface area contributed by atoms with E-state index < -0.39 is 5.91 Å². The molecule has 0 bridgehead atoms. The molecule has 152 valence electrons. The Balaban J connectivity index is 1.68. The second-order valence-electron chi connectivity index (χ2n) is 6.82. The molecule has 3 aromatic rings. The number of hydrogen-bond donors (Lipinski definition) is 2. The number of nitrogens with zero attached hydrogens (tertiary/aromatic N) is 1. The fourth-order valence-electron chi connectivity index (χ4n) is 3.09. The SMILES string of the molecule is NC(=O)CCN(Cc1ccccc1)C(=S)NC(=O)/C=C/c1cccc2ccccc12. The Kier molecular flexibility index (Phi) is 7.29. The maximum absolute atomic E-state index is 12.5. The summed E-state index contributed by atoms with van der Waals surface area (Å²) in [6, 6.07) is 23.6. The summed E-state index contributed by atoms with van der Waals surface area (Å²) in [5.74, 6) is -0.747. The Bertz CT molecular complexity index is 1070. The van der Waals surface area contributed by atoms with Gasteiger partial charge in [-0.2, -0.15) is 0 Å². The van der Waals surface area contributed by atoms with Gasteiger partial charge in [-0.25, -0.2) is 0 Å². The molecular weight excluding hydrogens is 394 g/mol. The Hall–Kier alpha value is -3.51. The normalized spacial score (nSPS) is 10.8. The number of nitrogens with one attached hydrogen (secondary N) is 1. The van der Waals surface area contributed by atoms with Gasteiger partial charge in [-0.1, -0.05) is 72.8 Å². The third-order valence-electron chi connectivity index (χ3n) is 4.60. The van der Waals surface area contributed by atoms with Crippen molar-refractivity contribution in [2.45, 2.75) is 13.0 Å². The first kappa shape index (κ1) is 21.2. The average Bonchev–Trinajstić information content (AvgIpc) is 2.75. The van der Waals surface area contributed by atoms with E-state index >= 15 is 0 Å². The second-order valence-corrected chi connectivity index (χ2v) is 7.21. The molecule has 0 aliphatic rings. The third-order valence-corrected chi connectivity index (χ3v) is 4.96. The molecule has 0 atom stereocenters. The predicted octanol–water partition coefficient (Wildman–Crippen LogP) is 3.63. The van der Waals surface area contributed by atoms with Crippen LogP contribution in [0.1, 0.15) is 17.5 Å². The van der Waals surface area contributed by atoms with E-state index in [2.05, 4.69) is 5.32 Å². The molecule has 0 aromatic heterocycles. The quantitative estimate of drug-likeness (QED) is 0.455. The zero-order chi connectivity index (χ0) is 21.3. The molecule has 0 unspecified atom stereocenters. The lowest BCUT2D eigenvalue weighted by molar-refractivity contribution is -0.118. The van der Waals surface area contributed by atoms with Gasteiger partial charge in [0.05, 0.1) is 0 Å². The fraction of sp³-hybridized carbons (Fsp3) is 0.125. The number of primary amides is 1. The second kappa shape index (κ2) is 10.3. The lowest BCUT2D eigenvalue weighted by atomic mass is 10.0. The van der Waals surface area contributed by atoms with Gasteiger partial charge in [0.25, 0.3) is 0 Å². The minimum Gasteiger partial charge on any atom is -0.370 e. The van der Waals surface area contributed by atoms with Gasteiger partial charge >= 0.3 is 0 Å². The third kappa shape index (κ3) is 5.99. The van der Waals surface area contributed by atoms with Crippen molar-refractivity contribution in [3.05, 3.63) is 90.0 Å². The molecule has 0 heterocycles. The van der Waals surface area contributed by atoms with Crippen molar-refractivity contribution in [2.75, 3.05) is 6.54 Å². The lowest BCUT2D eigenvalue weighted by Crippen LogP contribution is -2.43. The monoisotopic (exact) mass is 417 g/mol. The van der Waals surface area contributed by atoms with Gasteiger partial charge in [-0.3, -0.25) is 14.9 Å². The molecule has 0 aliphatic carbocycles. The summed E-state index contributed by atoms with van der Waals surface area (Å²) < 4.78 is 0. The maximum Gasteiger partial charge on any atom is 0.250 e. The minimum absolute atomic E-state index is 0.148. The molecule has 0 spiro atoms. The van der Waals surface area contributed by atoms with Gasteiger partial charge in [0.15, 0.2) is 5.11 Å². The summed E-state index contributed by atoms with van der Waals surface area (Å²) in [6.07, 6.45) is 3.38. The number of fused-ring (bicyclic) bond motifs is 1. The Morgan fingerprint density at radius 3 is 2.43 bits per heavy atom. The van der Waals surface area contributed by atoms with Crippen molar-refractivity contribution in [1.29, 1.82) is 0 Å². The number of nitrogens with two attached hydrogens (primary N) is 1. The first-order valence-electron chi connectivity index (χ1n) is 9.61. The standard InChI is InChI=1S/C24H23N3O2S/c25-22(28)15-16-27(17-18-7-2-1-3-8-18)24(30)26-23(29)14-13-20-11-6-10-19-9-4-5-12-21(19)20/h1-14H,15-17H2,(H2,25,28)(H,26,29,30)/b14-13+. The maximum atomic E-state index is 12.5. The van der Waals surface area contributed by atoms with Crippen molar-refractivity contribution in [3.63, 3.8) is 0 Å². The lowest BCUT2D eigenvalue weighted by Gasteiger charge is -2.24. The van der Waals surface area contributed by atoms with Crippen molar-refractivity contribution < 1.29 is 9.59 Å². The number of amides is 2. The summed E-state index contributed by atoms with van der Waals surface area (Å²) in [7, 11) is 0. The van der Waals surface area contributed by atoms with Crippen LogP contribution in [-0.2, 0) is 16.1 Å². The minimum atomic E-state index is -0.418. The number of rotatable bonds is 7. The van der Waals surface area contributed by atoms with Crippen LogP contribution >= 0.6 is 12.2 Å². The van der Waals surface area contributed by atoms with Crippen molar-refractivity contribution in [1.82, 2.24) is 10.2 Å². The van der Waals surface area contributed by atoms with Crippen LogP contribution in [-0.4, -0.2) is 28.4 Å². The number of thiocarbonyl (C=S) groups is 1.